The molecule has 0 aliphatic rings. The van der Waals surface area contributed by atoms with Gasteiger partial charge < -0.3 is 14.2 Å². The maximum Gasteiger partial charge on any atom is 0.306 e. The van der Waals surface area contributed by atoms with Gasteiger partial charge in [-0.15, -0.1) is 0 Å². The summed E-state index contributed by atoms with van der Waals surface area (Å²) in [6.07, 6.45) is 90.6. The van der Waals surface area contributed by atoms with Crippen molar-refractivity contribution in [1.29, 1.82) is 0 Å². The van der Waals surface area contributed by atoms with Gasteiger partial charge in [0.05, 0.1) is 0 Å². The molecule has 0 N–H and O–H groups in total. The predicted octanol–water partition coefficient (Wildman–Crippen LogP) is 22.4. The van der Waals surface area contributed by atoms with Crippen LogP contribution in [0.25, 0.3) is 0 Å². The van der Waals surface area contributed by atoms with Crippen molar-refractivity contribution in [3.8, 4) is 0 Å². The first kappa shape index (κ1) is 73.8. The zero-order valence-corrected chi connectivity index (χ0v) is 50.9. The molecule has 0 heterocycles. The van der Waals surface area contributed by atoms with Crippen LogP contribution in [0, 0.1) is 0 Å². The monoisotopic (exact) mass is 1080 g/mol. The van der Waals surface area contributed by atoms with E-state index >= 15 is 0 Å². The summed E-state index contributed by atoms with van der Waals surface area (Å²) in [5, 5.41) is 0. The smallest absolute Gasteiger partial charge is 0.306 e. The van der Waals surface area contributed by atoms with Crippen LogP contribution >= 0.6 is 0 Å². The Morgan fingerprint density at radius 2 is 0.513 bits per heavy atom. The fourth-order valence-corrected chi connectivity index (χ4v) is 8.85. The molecule has 0 spiro atoms. The molecule has 0 saturated carbocycles. The van der Waals surface area contributed by atoms with Gasteiger partial charge >= 0.3 is 17.9 Å². The minimum Gasteiger partial charge on any atom is -0.462 e. The maximum absolute atomic E-state index is 12.9. The normalized spacial score (nSPS) is 12.9. The van der Waals surface area contributed by atoms with E-state index < -0.39 is 6.10 Å². The molecule has 78 heavy (non-hydrogen) atoms. The summed E-state index contributed by atoms with van der Waals surface area (Å²) in [6.45, 7) is 6.47. The minimum absolute atomic E-state index is 0.102. The molecule has 1 atom stereocenters. The lowest BCUT2D eigenvalue weighted by atomic mass is 10.0. The molecule has 0 aromatic carbocycles. The van der Waals surface area contributed by atoms with Gasteiger partial charge in [0.2, 0.25) is 0 Å². The summed E-state index contributed by atoms with van der Waals surface area (Å²) < 4.78 is 16.9. The van der Waals surface area contributed by atoms with Crippen LogP contribution < -0.4 is 0 Å². The number of carbonyl (C=O) groups is 3. The Balaban J connectivity index is 4.51. The van der Waals surface area contributed by atoms with E-state index in [-0.39, 0.29) is 37.5 Å². The van der Waals surface area contributed by atoms with Crippen molar-refractivity contribution < 1.29 is 28.6 Å². The van der Waals surface area contributed by atoms with Crippen LogP contribution in [0.2, 0.25) is 0 Å². The zero-order chi connectivity index (χ0) is 56.4. The van der Waals surface area contributed by atoms with Gasteiger partial charge in [0.1, 0.15) is 13.2 Å². The Morgan fingerprint density at radius 1 is 0.269 bits per heavy atom. The first-order valence-corrected chi connectivity index (χ1v) is 32.5. The number of allylic oxidation sites excluding steroid dienone is 20. The van der Waals surface area contributed by atoms with Gasteiger partial charge in [0, 0.05) is 19.3 Å². The van der Waals surface area contributed by atoms with E-state index in [1.54, 1.807) is 0 Å². The Kier molecular flexibility index (Phi) is 61.8. The van der Waals surface area contributed by atoms with Crippen LogP contribution in [-0.4, -0.2) is 37.2 Å². The van der Waals surface area contributed by atoms with Crippen molar-refractivity contribution in [2.75, 3.05) is 13.2 Å². The van der Waals surface area contributed by atoms with Crippen LogP contribution in [0.3, 0.4) is 0 Å². The van der Waals surface area contributed by atoms with Gasteiger partial charge in [0.25, 0.3) is 0 Å². The second-order valence-corrected chi connectivity index (χ2v) is 21.3. The van der Waals surface area contributed by atoms with Crippen molar-refractivity contribution >= 4 is 17.9 Å². The molecular formula is C72H120O6. The summed E-state index contributed by atoms with van der Waals surface area (Å²) in [5.74, 6) is -0.969. The SMILES string of the molecule is CC/C=C\C/C=C\C/C=C\C/C=C\C/C=C\C/C=C\C/C=C\CCCC(=O)OCC(COC(=O)CCCCCCCCCCCCCCCCCCCC)OC(=O)CCCCCCCC/C=C\C/C=C\C/C=C\CCCCC. The maximum atomic E-state index is 12.9. The van der Waals surface area contributed by atoms with E-state index in [4.69, 9.17) is 14.2 Å². The lowest BCUT2D eigenvalue weighted by Gasteiger charge is -2.18. The second kappa shape index (κ2) is 65.3. The number of esters is 3. The minimum atomic E-state index is -0.812. The fraction of sp³-hybridized carbons (Fsp3) is 0.681. The van der Waals surface area contributed by atoms with Gasteiger partial charge in [-0.3, -0.25) is 14.4 Å². The number of hydrogen-bond acceptors (Lipinski definition) is 6. The first-order valence-electron chi connectivity index (χ1n) is 32.5. The van der Waals surface area contributed by atoms with E-state index in [0.29, 0.717) is 19.3 Å². The molecule has 0 aliphatic heterocycles. The van der Waals surface area contributed by atoms with E-state index in [0.717, 1.165) is 116 Å². The third-order valence-electron chi connectivity index (χ3n) is 13.7. The molecule has 0 saturated heterocycles. The van der Waals surface area contributed by atoms with Crippen LogP contribution in [0.15, 0.2) is 122 Å². The van der Waals surface area contributed by atoms with Crippen LogP contribution in [-0.2, 0) is 28.6 Å². The predicted molar refractivity (Wildman–Crippen MR) is 339 cm³/mol. The molecule has 444 valence electrons. The zero-order valence-electron chi connectivity index (χ0n) is 50.9. The molecule has 0 bridgehead atoms. The highest BCUT2D eigenvalue weighted by Gasteiger charge is 2.19. The standard InChI is InChI=1S/C72H120O6/c1-4-7-10-13-16-19-22-25-28-31-34-35-36-37-39-41-44-47-50-53-56-59-62-65-71(74)77-68-69(67-76-70(73)64-61-58-55-52-49-46-43-40-33-30-27-24-21-18-15-12-9-6-3)78-72(75)66-63-60-57-54-51-48-45-42-38-32-29-26-23-20-17-14-11-8-5-2/h7,10,16-17,19-20,25-26,28-29,34-35,37-39,42,44,47,53,56,69H,4-6,8-9,11-15,18,21-24,27,30-33,36,40-41,43,45-46,48-52,54-55,57-68H2,1-3H3/b10-7-,19-16-,20-17-,28-25-,29-26-,35-34-,39-37-,42-38-,47-44-,56-53-. The molecule has 0 rings (SSSR count). The average molecular weight is 1080 g/mol. The lowest BCUT2D eigenvalue weighted by Crippen LogP contribution is -2.30. The van der Waals surface area contributed by atoms with Crippen molar-refractivity contribution in [3.63, 3.8) is 0 Å². The largest absolute Gasteiger partial charge is 0.462 e. The number of unbranched alkanes of at least 4 members (excludes halogenated alkanes) is 27. The molecule has 6 heteroatoms. The van der Waals surface area contributed by atoms with Crippen molar-refractivity contribution in [2.24, 2.45) is 0 Å². The summed E-state index contributed by atoms with van der Waals surface area (Å²) in [7, 11) is 0. The first-order chi connectivity index (χ1) is 38.5. The molecule has 1 unspecified atom stereocenters. The molecule has 0 aromatic heterocycles. The van der Waals surface area contributed by atoms with Gasteiger partial charge in [-0.05, 0) is 109 Å². The van der Waals surface area contributed by atoms with Gasteiger partial charge in [0.15, 0.2) is 6.10 Å². The highest BCUT2D eigenvalue weighted by Crippen LogP contribution is 2.16. The summed E-state index contributed by atoms with van der Waals surface area (Å²) >= 11 is 0. The number of carbonyl (C=O) groups excluding carboxylic acids is 3. The quantitative estimate of drug-likeness (QED) is 0.0261. The number of ether oxygens (including phenoxy) is 3. The summed E-state index contributed by atoms with van der Waals surface area (Å²) in [6, 6.07) is 0. The molecule has 0 amide bonds. The van der Waals surface area contributed by atoms with Gasteiger partial charge in [-0.25, -0.2) is 0 Å². The van der Waals surface area contributed by atoms with Crippen molar-refractivity contribution in [3.05, 3.63) is 122 Å². The Morgan fingerprint density at radius 3 is 0.859 bits per heavy atom. The molecule has 0 fully saturated rings. The molecular weight excluding hydrogens is 961 g/mol. The third-order valence-corrected chi connectivity index (χ3v) is 13.7. The Bertz CT molecular complexity index is 1620. The topological polar surface area (TPSA) is 78.9 Å². The second-order valence-electron chi connectivity index (χ2n) is 21.3. The number of rotatable bonds is 58. The molecule has 0 radical (unpaired) electrons. The van der Waals surface area contributed by atoms with Crippen LogP contribution in [0.5, 0.6) is 0 Å². The third kappa shape index (κ3) is 62.7. The molecule has 0 aliphatic carbocycles. The lowest BCUT2D eigenvalue weighted by molar-refractivity contribution is -0.167. The van der Waals surface area contributed by atoms with E-state index in [1.165, 1.54) is 135 Å². The number of hydrogen-bond donors (Lipinski definition) is 0. The van der Waals surface area contributed by atoms with E-state index in [2.05, 4.69) is 142 Å². The summed E-state index contributed by atoms with van der Waals surface area (Å²) in [4.78, 5) is 38.4. The Hall–Kier alpha value is -4.19. The van der Waals surface area contributed by atoms with Gasteiger partial charge in [-0.1, -0.05) is 290 Å². The Labute approximate surface area is 482 Å². The summed E-state index contributed by atoms with van der Waals surface area (Å²) in [5.41, 5.74) is 0. The van der Waals surface area contributed by atoms with Crippen molar-refractivity contribution in [1.82, 2.24) is 0 Å². The van der Waals surface area contributed by atoms with Crippen LogP contribution in [0.1, 0.15) is 297 Å². The average Bonchev–Trinajstić information content (AvgIpc) is 3.44. The fourth-order valence-electron chi connectivity index (χ4n) is 8.85. The van der Waals surface area contributed by atoms with E-state index in [1.807, 2.05) is 0 Å². The highest BCUT2D eigenvalue weighted by molar-refractivity contribution is 5.71. The highest BCUT2D eigenvalue weighted by atomic mass is 16.6. The van der Waals surface area contributed by atoms with E-state index in [9.17, 15) is 14.4 Å². The van der Waals surface area contributed by atoms with Crippen LogP contribution in [0.4, 0.5) is 0 Å². The molecule has 6 nitrogen and oxygen atoms in total. The van der Waals surface area contributed by atoms with Crippen molar-refractivity contribution in [2.45, 2.75) is 303 Å². The molecule has 0 aromatic rings. The van der Waals surface area contributed by atoms with Gasteiger partial charge in [-0.2, -0.15) is 0 Å².